The zero-order chi connectivity index (χ0) is 27.8. The molecule has 2 atom stereocenters. The van der Waals surface area contributed by atoms with E-state index >= 15 is 0 Å². The van der Waals surface area contributed by atoms with Gasteiger partial charge in [-0.1, -0.05) is 25.1 Å². The average Bonchev–Trinajstić information content (AvgIpc) is 3.44. The Kier molecular flexibility index (Phi) is 5.41. The number of nitrogen functional groups attached to an aromatic ring is 1. The first-order valence-corrected chi connectivity index (χ1v) is 14.1. The number of carbonyl (C=O) groups excluding carboxylic acids is 2. The SMILES string of the molecule is C[C@@H]1C[C@@H](C(=O)NCc2cc3cnc(N)cc3s2)n2c1ncc(NC(=O)C13CC(c4ccccc4F)(C1)C3)c2=O. The monoisotopic (exact) mass is 558 g/mol. The molecule has 3 saturated carbocycles. The number of carbonyl (C=O) groups is 2. The first-order chi connectivity index (χ1) is 19.2. The van der Waals surface area contributed by atoms with Crippen LogP contribution in [0.2, 0.25) is 0 Å². The van der Waals surface area contributed by atoms with Gasteiger partial charge in [0.25, 0.3) is 5.56 Å². The van der Waals surface area contributed by atoms with Crippen molar-refractivity contribution >= 4 is 44.7 Å². The Hall–Kier alpha value is -4.12. The minimum absolute atomic E-state index is 0.0555. The van der Waals surface area contributed by atoms with Gasteiger partial charge in [0, 0.05) is 32.5 Å². The number of benzene rings is 1. The molecular formula is C29H27FN6O3S. The van der Waals surface area contributed by atoms with E-state index < -0.39 is 17.0 Å². The zero-order valence-corrected chi connectivity index (χ0v) is 22.6. The molecule has 11 heteroatoms. The zero-order valence-electron chi connectivity index (χ0n) is 21.7. The Morgan fingerprint density at radius 3 is 2.73 bits per heavy atom. The van der Waals surface area contributed by atoms with Gasteiger partial charge in [-0.3, -0.25) is 19.0 Å². The summed E-state index contributed by atoms with van der Waals surface area (Å²) in [5.41, 5.74) is 5.14. The number of nitrogens with two attached hydrogens (primary N) is 1. The van der Waals surface area contributed by atoms with Crippen LogP contribution in [-0.4, -0.2) is 26.3 Å². The van der Waals surface area contributed by atoms with E-state index in [4.69, 9.17) is 5.73 Å². The number of nitrogens with one attached hydrogen (secondary N) is 2. The number of fused-ring (bicyclic) bond motifs is 2. The smallest absolute Gasteiger partial charge is 0.278 e. The van der Waals surface area contributed by atoms with E-state index in [-0.39, 0.29) is 34.7 Å². The van der Waals surface area contributed by atoms with Gasteiger partial charge in [0.15, 0.2) is 0 Å². The molecule has 40 heavy (non-hydrogen) atoms. The van der Waals surface area contributed by atoms with Gasteiger partial charge in [-0.15, -0.1) is 11.3 Å². The number of hydrogen-bond donors (Lipinski definition) is 3. The normalized spacial score (nSPS) is 26.1. The molecular weight excluding hydrogens is 531 g/mol. The highest BCUT2D eigenvalue weighted by Crippen LogP contribution is 2.74. The van der Waals surface area contributed by atoms with Crippen molar-refractivity contribution in [2.24, 2.45) is 5.41 Å². The summed E-state index contributed by atoms with van der Waals surface area (Å²) in [6.45, 7) is 2.24. The molecule has 0 spiro atoms. The molecule has 2 bridgehead atoms. The third-order valence-corrected chi connectivity index (χ3v) is 9.87. The molecule has 9 nitrogen and oxygen atoms in total. The Bertz CT molecular complexity index is 1760. The van der Waals surface area contributed by atoms with E-state index in [0.29, 0.717) is 49.4 Å². The number of nitrogens with zero attached hydrogens (tertiary/aromatic N) is 3. The molecule has 1 aliphatic heterocycles. The van der Waals surface area contributed by atoms with Crippen LogP contribution in [0.3, 0.4) is 0 Å². The predicted octanol–water partition coefficient (Wildman–Crippen LogP) is 4.00. The number of amides is 2. The van der Waals surface area contributed by atoms with E-state index in [1.165, 1.54) is 28.2 Å². The van der Waals surface area contributed by atoms with Crippen molar-refractivity contribution < 1.29 is 14.0 Å². The van der Waals surface area contributed by atoms with Crippen molar-refractivity contribution in [1.82, 2.24) is 19.9 Å². The maximum Gasteiger partial charge on any atom is 0.278 e. The molecule has 1 aromatic carbocycles. The number of thiophene rings is 1. The van der Waals surface area contributed by atoms with E-state index in [9.17, 15) is 18.8 Å². The highest BCUT2D eigenvalue weighted by molar-refractivity contribution is 7.19. The van der Waals surface area contributed by atoms with Crippen LogP contribution in [0.5, 0.6) is 0 Å². The third kappa shape index (κ3) is 3.67. The number of aromatic nitrogens is 3. The van der Waals surface area contributed by atoms with Crippen LogP contribution in [-0.2, 0) is 21.5 Å². The summed E-state index contributed by atoms with van der Waals surface area (Å²) in [6.07, 6.45) is 5.18. The minimum atomic E-state index is -0.729. The lowest BCUT2D eigenvalue weighted by atomic mass is 9.33. The second-order valence-corrected chi connectivity index (χ2v) is 12.6. The van der Waals surface area contributed by atoms with Crippen molar-refractivity contribution in [2.75, 3.05) is 11.1 Å². The molecule has 2 amide bonds. The van der Waals surface area contributed by atoms with Crippen molar-refractivity contribution in [3.05, 3.63) is 81.2 Å². The van der Waals surface area contributed by atoms with E-state index in [0.717, 1.165) is 15.0 Å². The van der Waals surface area contributed by atoms with Crippen LogP contribution in [0, 0.1) is 11.2 Å². The lowest BCUT2D eigenvalue weighted by Crippen LogP contribution is -2.69. The standard InChI is InChI=1S/C29H27FN6O3S/c1-15-6-21(25(37)34-10-17-7-16-9-32-23(31)8-22(16)40-17)36-24(15)33-11-20(26(36)38)35-27(39)29-12-28(13-29,14-29)18-4-2-3-5-19(18)30/h2-5,7-9,11,15,21H,6,10,12-14H2,1H3,(H2,31,32)(H,34,37)(H,35,39)/t15-,21+,28?,29?/m1/s1. The fourth-order valence-electron chi connectivity index (χ4n) is 6.85. The van der Waals surface area contributed by atoms with Crippen molar-refractivity contribution in [2.45, 2.75) is 56.5 Å². The van der Waals surface area contributed by atoms with Gasteiger partial charge in [-0.2, -0.15) is 0 Å². The second-order valence-electron chi connectivity index (χ2n) is 11.5. The maximum absolute atomic E-state index is 14.3. The molecule has 8 rings (SSSR count). The molecule has 0 radical (unpaired) electrons. The van der Waals surface area contributed by atoms with E-state index in [1.807, 2.05) is 19.1 Å². The van der Waals surface area contributed by atoms with Crippen LogP contribution < -0.4 is 21.9 Å². The van der Waals surface area contributed by atoms with Gasteiger partial charge in [0.05, 0.1) is 18.2 Å². The lowest BCUT2D eigenvalue weighted by molar-refractivity contribution is -0.170. The molecule has 204 valence electrons. The van der Waals surface area contributed by atoms with E-state index in [2.05, 4.69) is 20.6 Å². The van der Waals surface area contributed by atoms with Gasteiger partial charge < -0.3 is 16.4 Å². The molecule has 4 aromatic rings. The number of pyridine rings is 1. The molecule has 3 fully saturated rings. The average molecular weight is 559 g/mol. The first kappa shape index (κ1) is 24.9. The molecule has 4 aliphatic rings. The molecule has 3 aliphatic carbocycles. The molecule has 0 unspecified atom stereocenters. The summed E-state index contributed by atoms with van der Waals surface area (Å²) in [7, 11) is 0. The Labute approximate surface area is 232 Å². The highest BCUT2D eigenvalue weighted by atomic mass is 32.1. The number of halogens is 1. The molecule has 0 saturated heterocycles. The lowest BCUT2D eigenvalue weighted by Gasteiger charge is -2.69. The van der Waals surface area contributed by atoms with Gasteiger partial charge in [-0.25, -0.2) is 14.4 Å². The van der Waals surface area contributed by atoms with Crippen LogP contribution in [0.25, 0.3) is 10.1 Å². The maximum atomic E-state index is 14.3. The quantitative estimate of drug-likeness (QED) is 0.328. The number of rotatable bonds is 6. The van der Waals surface area contributed by atoms with E-state index in [1.54, 1.807) is 24.4 Å². The largest absolute Gasteiger partial charge is 0.384 e. The summed E-state index contributed by atoms with van der Waals surface area (Å²) >= 11 is 1.52. The number of hydrogen-bond acceptors (Lipinski definition) is 7. The fourth-order valence-corrected chi connectivity index (χ4v) is 7.87. The van der Waals surface area contributed by atoms with Crippen molar-refractivity contribution in [3.63, 3.8) is 0 Å². The first-order valence-electron chi connectivity index (χ1n) is 13.3. The van der Waals surface area contributed by atoms with Crippen LogP contribution >= 0.6 is 11.3 Å². The second kappa shape index (κ2) is 8.69. The molecule has 3 aromatic heterocycles. The van der Waals surface area contributed by atoms with Gasteiger partial charge in [-0.05, 0) is 49.4 Å². The van der Waals surface area contributed by atoms with Crippen molar-refractivity contribution in [1.29, 1.82) is 0 Å². The molecule has 4 heterocycles. The number of anilines is 2. The van der Waals surface area contributed by atoms with Crippen LogP contribution in [0.4, 0.5) is 15.9 Å². The van der Waals surface area contributed by atoms with Gasteiger partial charge in [0.1, 0.15) is 29.2 Å². The van der Waals surface area contributed by atoms with Crippen LogP contribution in [0.15, 0.2) is 53.6 Å². The topological polar surface area (TPSA) is 132 Å². The highest BCUT2D eigenvalue weighted by Gasteiger charge is 2.72. The Morgan fingerprint density at radius 2 is 1.95 bits per heavy atom. The predicted molar refractivity (Wildman–Crippen MR) is 149 cm³/mol. The van der Waals surface area contributed by atoms with Crippen molar-refractivity contribution in [3.8, 4) is 0 Å². The van der Waals surface area contributed by atoms with Gasteiger partial charge in [0.2, 0.25) is 11.8 Å². The minimum Gasteiger partial charge on any atom is -0.384 e. The molecule has 4 N–H and O–H groups in total. The summed E-state index contributed by atoms with van der Waals surface area (Å²) in [5, 5.41) is 6.68. The summed E-state index contributed by atoms with van der Waals surface area (Å²) < 4.78 is 16.7. The third-order valence-electron chi connectivity index (χ3n) is 8.77. The Morgan fingerprint density at radius 1 is 1.18 bits per heavy atom. The van der Waals surface area contributed by atoms with Gasteiger partial charge >= 0.3 is 0 Å². The summed E-state index contributed by atoms with van der Waals surface area (Å²) in [6, 6.07) is 9.73. The summed E-state index contributed by atoms with van der Waals surface area (Å²) in [4.78, 5) is 49.5. The van der Waals surface area contributed by atoms with Crippen LogP contribution in [0.1, 0.15) is 60.8 Å². The Balaban J connectivity index is 1.06. The summed E-state index contributed by atoms with van der Waals surface area (Å²) in [5.74, 6) is 0.0940. The fraction of sp³-hybridized carbons (Fsp3) is 0.345.